The van der Waals surface area contributed by atoms with Gasteiger partial charge in [-0.3, -0.25) is 5.96 Å². The van der Waals surface area contributed by atoms with Crippen LogP contribution in [0, 0.1) is 0 Å². The van der Waals surface area contributed by atoms with Crippen LogP contribution in [0.2, 0.25) is 0 Å². The fraction of sp³-hybridized carbons (Fsp3) is 0. The van der Waals surface area contributed by atoms with E-state index >= 15 is 0 Å². The van der Waals surface area contributed by atoms with Gasteiger partial charge in [-0.05, 0) is 6.34 Å². The van der Waals surface area contributed by atoms with Crippen LogP contribution in [0.15, 0.2) is 42.4 Å². The van der Waals surface area contributed by atoms with Crippen LogP contribution in [0.3, 0.4) is 0 Å². The van der Waals surface area contributed by atoms with E-state index in [9.17, 15) is 4.79 Å². The van der Waals surface area contributed by atoms with Crippen LogP contribution in [0.4, 0.5) is 0 Å². The van der Waals surface area contributed by atoms with Gasteiger partial charge in [0.25, 0.3) is 0 Å². The topological polar surface area (TPSA) is 17.1 Å². The average molecular weight is 155 g/mol. The van der Waals surface area contributed by atoms with E-state index in [0.29, 0.717) is 0 Å². The maximum Gasteiger partial charge on any atom is -0.0433 e. The van der Waals surface area contributed by atoms with Crippen molar-refractivity contribution in [2.45, 2.75) is 0 Å². The van der Waals surface area contributed by atoms with Gasteiger partial charge >= 0.3 is 0 Å². The molecule has 2 heteroatoms. The van der Waals surface area contributed by atoms with E-state index in [1.165, 1.54) is 0 Å². The molecule has 1 aromatic carbocycles. The van der Waals surface area contributed by atoms with Gasteiger partial charge in [-0.2, -0.15) is 0 Å². The molecule has 0 atom stereocenters. The van der Waals surface area contributed by atoms with E-state index < -0.39 is 0 Å². The summed E-state index contributed by atoms with van der Waals surface area (Å²) in [4.78, 5) is 10.7. The van der Waals surface area contributed by atoms with Crippen molar-refractivity contribution < 1.29 is 4.79 Å². The average Bonchev–Trinajstić information content (AvgIpc) is 2.17. The quantitative estimate of drug-likeness (QED) is 0.574. The summed E-state index contributed by atoms with van der Waals surface area (Å²) in [7, 11) is 0. The molecule has 0 bridgehead atoms. The Kier molecular flexibility index (Phi) is 1.74. The zero-order chi connectivity index (χ0) is 8.39. The smallest absolute Gasteiger partial charge is 0.0433 e. The number of rotatable bonds is 1. The van der Waals surface area contributed by atoms with E-state index in [2.05, 4.69) is 0 Å². The number of fused-ring (bicyclic) bond motifs is 1. The summed E-state index contributed by atoms with van der Waals surface area (Å²) in [6.07, 6.45) is 0.925. The Morgan fingerprint density at radius 2 is 1.83 bits per heavy atom. The lowest BCUT2D eigenvalue weighted by molar-refractivity contribution is 0.568. The van der Waals surface area contributed by atoms with E-state index in [4.69, 9.17) is 0 Å². The fourth-order valence-electron chi connectivity index (χ4n) is 1.47. The lowest BCUT2D eigenvalue weighted by Crippen LogP contribution is -1.97. The first-order valence-electron chi connectivity index (χ1n) is 3.97. The molecule has 58 valence electrons. The van der Waals surface area contributed by atoms with E-state index in [0.717, 1.165) is 16.9 Å². The molecule has 0 unspecified atom stereocenters. The van der Waals surface area contributed by atoms with Crippen LogP contribution >= 0.6 is 0 Å². The Labute approximate surface area is 71.1 Å². The molecule has 0 radical (unpaired) electrons. The van der Waals surface area contributed by atoms with Crippen LogP contribution in [-0.4, -0.2) is 12.5 Å². The highest BCUT2D eigenvalue weighted by atomic mass is 16.1. The Morgan fingerprint density at radius 1 is 1.08 bits per heavy atom. The van der Waals surface area contributed by atoms with Crippen LogP contribution in [-0.2, 0) is 4.79 Å². The summed E-state index contributed by atoms with van der Waals surface area (Å²) in [5.41, 5.74) is 0. The second-order valence-corrected chi connectivity index (χ2v) is 2.84. The van der Waals surface area contributed by atoms with Gasteiger partial charge in [-0.1, -0.05) is 41.9 Å². The third-order valence-electron chi connectivity index (χ3n) is 2.10. The van der Waals surface area contributed by atoms with Crippen molar-refractivity contribution in [3.63, 3.8) is 0 Å². The summed E-state index contributed by atoms with van der Waals surface area (Å²) in [5, 5.41) is 2.26. The Bertz CT molecular complexity index is 418. The zero-order valence-corrected chi connectivity index (χ0v) is 6.60. The SMILES string of the molecule is O=C[b-]1cccc2ccccc12. The van der Waals surface area contributed by atoms with Crippen molar-refractivity contribution in [2.75, 3.05) is 0 Å². The van der Waals surface area contributed by atoms with Gasteiger partial charge in [0.1, 0.15) is 0 Å². The molecule has 0 aliphatic carbocycles. The Hall–Kier alpha value is -1.44. The summed E-state index contributed by atoms with van der Waals surface area (Å²) in [5.74, 6) is 1.91. The lowest BCUT2D eigenvalue weighted by atomic mass is 9.63. The first-order valence-corrected chi connectivity index (χ1v) is 3.97. The molecule has 0 amide bonds. The molecule has 0 aliphatic rings. The highest BCUT2D eigenvalue weighted by molar-refractivity contribution is 6.86. The maximum atomic E-state index is 10.7. The Morgan fingerprint density at radius 3 is 2.67 bits per heavy atom. The first kappa shape index (κ1) is 7.23. The predicted molar refractivity (Wildman–Crippen MR) is 52.0 cm³/mol. The predicted octanol–water partition coefficient (Wildman–Crippen LogP) is 1.90. The number of carbonyl (C=O) groups is 1. The van der Waals surface area contributed by atoms with Gasteiger partial charge in [-0.25, -0.2) is 5.28 Å². The molecule has 1 nitrogen and oxygen atoms in total. The molecule has 2 aromatic rings. The summed E-state index contributed by atoms with van der Waals surface area (Å²) in [6.45, 7) is 0. The molecule has 1 aromatic heterocycles. The minimum absolute atomic E-state index is 0.0498. The maximum absolute atomic E-state index is 10.7. The molecule has 2 rings (SSSR count). The minimum Gasteiger partial charge on any atom is -0.350 e. The molecule has 0 N–H and O–H groups in total. The van der Waals surface area contributed by atoms with Gasteiger partial charge in [0.05, 0.1) is 0 Å². The largest absolute Gasteiger partial charge is 0.350 e. The van der Waals surface area contributed by atoms with E-state index in [1.54, 1.807) is 0 Å². The lowest BCUT2D eigenvalue weighted by Gasteiger charge is -2.07. The molecular formula is C10H8BO-. The number of benzene rings is 1. The number of hydrogen-bond acceptors (Lipinski definition) is 1. The van der Waals surface area contributed by atoms with Crippen LogP contribution in [0.5, 0.6) is 0 Å². The highest BCUT2D eigenvalue weighted by Crippen LogP contribution is 2.10. The van der Waals surface area contributed by atoms with Crippen molar-refractivity contribution in [2.24, 2.45) is 0 Å². The van der Waals surface area contributed by atoms with Crippen molar-refractivity contribution >= 4 is 23.2 Å². The van der Waals surface area contributed by atoms with E-state index in [-0.39, 0.29) is 6.34 Å². The molecule has 12 heavy (non-hydrogen) atoms. The fourth-order valence-corrected chi connectivity index (χ4v) is 1.47. The Balaban J connectivity index is 2.88. The number of carbonyl (C=O) groups excluding carboxylic acids is 1. The third kappa shape index (κ3) is 1.05. The van der Waals surface area contributed by atoms with Gasteiger partial charge in [-0.15, -0.1) is 6.07 Å². The normalized spacial score (nSPS) is 10.0. The molecule has 0 saturated carbocycles. The second-order valence-electron chi connectivity index (χ2n) is 2.84. The molecule has 0 spiro atoms. The summed E-state index contributed by atoms with van der Waals surface area (Å²) >= 11 is 0. The van der Waals surface area contributed by atoms with Crippen molar-refractivity contribution in [1.82, 2.24) is 0 Å². The number of hydrogen-bond donors (Lipinski definition) is 0. The highest BCUT2D eigenvalue weighted by Gasteiger charge is 1.86. The van der Waals surface area contributed by atoms with Gasteiger partial charge < -0.3 is 4.79 Å². The third-order valence-corrected chi connectivity index (χ3v) is 2.10. The van der Waals surface area contributed by atoms with Crippen LogP contribution in [0.25, 0.3) is 10.7 Å². The zero-order valence-electron chi connectivity index (χ0n) is 6.60. The molecule has 1 heterocycles. The van der Waals surface area contributed by atoms with Gasteiger partial charge in [0, 0.05) is 0 Å². The minimum atomic E-state index is -0.0498. The molecule has 0 fully saturated rings. The standard InChI is InChI=1S/C10H8BO/c12-8-11-7-3-5-9-4-1-2-6-10(9)11/h1-8H/q-1. The van der Waals surface area contributed by atoms with Gasteiger partial charge in [0.2, 0.25) is 0 Å². The van der Waals surface area contributed by atoms with Crippen molar-refractivity contribution in [3.8, 4) is 0 Å². The van der Waals surface area contributed by atoms with Crippen molar-refractivity contribution in [3.05, 3.63) is 42.4 Å². The molecule has 0 saturated heterocycles. The van der Waals surface area contributed by atoms with Crippen LogP contribution < -0.4 is 0 Å². The molecular weight excluding hydrogens is 147 g/mol. The van der Waals surface area contributed by atoms with E-state index in [1.807, 2.05) is 42.4 Å². The summed E-state index contributed by atoms with van der Waals surface area (Å²) in [6, 6.07) is 11.9. The van der Waals surface area contributed by atoms with Gasteiger partial charge in [0.15, 0.2) is 0 Å². The van der Waals surface area contributed by atoms with Crippen LogP contribution in [0.1, 0.15) is 0 Å². The monoisotopic (exact) mass is 155 g/mol. The second kappa shape index (κ2) is 2.90. The van der Waals surface area contributed by atoms with Crippen molar-refractivity contribution in [1.29, 1.82) is 0 Å². The summed E-state index contributed by atoms with van der Waals surface area (Å²) < 4.78 is 0. The molecule has 0 aliphatic heterocycles. The first-order chi connectivity index (χ1) is 5.92.